The van der Waals surface area contributed by atoms with Crippen LogP contribution < -0.4 is 21.1 Å². The average Bonchev–Trinajstić information content (AvgIpc) is 3.07. The number of allylic oxidation sites excluding steroid dienone is 1. The summed E-state index contributed by atoms with van der Waals surface area (Å²) in [6.07, 6.45) is 1.70. The normalized spacial score (nSPS) is 22.7. The Bertz CT molecular complexity index is 1230. The number of hydrogen-bond donors (Lipinski definition) is 3. The smallest absolute Gasteiger partial charge is 0.272 e. The highest BCUT2D eigenvalue weighted by Crippen LogP contribution is 2.39. The Morgan fingerprint density at radius 2 is 1.90 bits per heavy atom. The lowest BCUT2D eigenvalue weighted by atomic mass is 9.94. The molecule has 7 nitrogen and oxygen atoms in total. The summed E-state index contributed by atoms with van der Waals surface area (Å²) in [5.74, 6) is -0.573. The number of benzene rings is 2. The number of aromatic nitrogens is 1. The van der Waals surface area contributed by atoms with E-state index in [1.165, 1.54) is 0 Å². The Balaban J connectivity index is 1.73. The lowest BCUT2D eigenvalue weighted by Crippen LogP contribution is -2.62. The van der Waals surface area contributed by atoms with Crippen molar-refractivity contribution in [2.24, 2.45) is 0 Å². The van der Waals surface area contributed by atoms with Crippen LogP contribution in [0.4, 0.5) is 0 Å². The molecule has 0 amide bonds. The fraction of sp³-hybridized carbons (Fsp3) is 0.143. The number of aromatic amines is 1. The number of ether oxygens (including phenoxy) is 1. The van der Waals surface area contributed by atoms with Crippen molar-refractivity contribution in [1.29, 1.82) is 0 Å². The minimum absolute atomic E-state index is 0.238. The number of hydrogen-bond acceptors (Lipinski definition) is 6. The molecule has 2 aliphatic rings. The Labute approximate surface area is 173 Å². The first-order valence-electron chi connectivity index (χ1n) is 9.01. The molecule has 0 aliphatic carbocycles. The molecule has 0 radical (unpaired) electrons. The van der Waals surface area contributed by atoms with Crippen molar-refractivity contribution < 1.29 is 14.4 Å². The molecule has 146 valence electrons. The molecule has 0 bridgehead atoms. The zero-order chi connectivity index (χ0) is 20.2. The maximum Gasteiger partial charge on any atom is 0.272 e. The second kappa shape index (κ2) is 6.55. The fourth-order valence-corrected chi connectivity index (χ4v) is 3.94. The molecule has 2 aliphatic heterocycles. The van der Waals surface area contributed by atoms with Gasteiger partial charge in [0.2, 0.25) is 0 Å². The maximum atomic E-state index is 13.4. The molecule has 29 heavy (non-hydrogen) atoms. The minimum atomic E-state index is -1.26. The highest BCUT2D eigenvalue weighted by atomic mass is 79.9. The Hall–Kier alpha value is -2.94. The van der Waals surface area contributed by atoms with E-state index in [9.17, 15) is 9.59 Å². The van der Waals surface area contributed by atoms with Gasteiger partial charge in [0.15, 0.2) is 5.78 Å². The van der Waals surface area contributed by atoms with Gasteiger partial charge in [0.05, 0.1) is 11.1 Å². The topological polar surface area (TPSA) is 92.5 Å². The number of halogens is 1. The monoisotopic (exact) mass is 453 g/mol. The Morgan fingerprint density at radius 3 is 2.62 bits per heavy atom. The molecule has 8 heteroatoms. The third kappa shape index (κ3) is 2.96. The van der Waals surface area contributed by atoms with Crippen molar-refractivity contribution in [1.82, 2.24) is 15.8 Å². The fourth-order valence-electron chi connectivity index (χ4n) is 3.68. The maximum absolute atomic E-state index is 13.4. The zero-order valence-corrected chi connectivity index (χ0v) is 16.9. The summed E-state index contributed by atoms with van der Waals surface area (Å²) in [4.78, 5) is 34.6. The number of para-hydroxylation sites is 1. The summed E-state index contributed by atoms with van der Waals surface area (Å²) < 4.78 is 7.04. The number of nitrogens with one attached hydrogen (secondary N) is 3. The zero-order valence-electron chi connectivity index (χ0n) is 15.3. The van der Waals surface area contributed by atoms with Crippen molar-refractivity contribution in [3.8, 4) is 5.75 Å². The molecule has 5 rings (SSSR count). The van der Waals surface area contributed by atoms with Crippen molar-refractivity contribution in [2.45, 2.75) is 18.8 Å². The second-order valence-corrected chi connectivity index (χ2v) is 7.90. The first-order valence-corrected chi connectivity index (χ1v) is 9.80. The number of hydroxylamine groups is 1. The Morgan fingerprint density at radius 1 is 1.14 bits per heavy atom. The summed E-state index contributed by atoms with van der Waals surface area (Å²) in [7, 11) is 0. The number of pyridine rings is 1. The van der Waals surface area contributed by atoms with E-state index < -0.39 is 11.9 Å². The van der Waals surface area contributed by atoms with Gasteiger partial charge in [-0.3, -0.25) is 9.59 Å². The largest absolute Gasteiger partial charge is 0.451 e. The molecule has 2 aromatic carbocycles. The molecule has 2 atom stereocenters. The van der Waals surface area contributed by atoms with Gasteiger partial charge in [0.25, 0.3) is 11.4 Å². The van der Waals surface area contributed by atoms with Crippen molar-refractivity contribution >= 4 is 32.6 Å². The quantitative estimate of drug-likeness (QED) is 0.515. The van der Waals surface area contributed by atoms with Crippen LogP contribution in [0.1, 0.15) is 28.9 Å². The summed E-state index contributed by atoms with van der Waals surface area (Å²) in [5, 5.41) is 3.82. The number of Topliss-reactive ketones (excluding diaryl/α,β-unsaturated/α-hetero) is 1. The summed E-state index contributed by atoms with van der Waals surface area (Å²) in [6, 6.07) is 13.4. The van der Waals surface area contributed by atoms with Gasteiger partial charge in [0, 0.05) is 21.5 Å². The number of H-pyrrole nitrogens is 1. The van der Waals surface area contributed by atoms with Gasteiger partial charge in [-0.1, -0.05) is 45.7 Å². The number of carbonyl (C=O) groups is 1. The van der Waals surface area contributed by atoms with Crippen LogP contribution in [0.25, 0.3) is 10.9 Å². The van der Waals surface area contributed by atoms with Crippen molar-refractivity contribution in [2.75, 3.05) is 0 Å². The van der Waals surface area contributed by atoms with Gasteiger partial charge >= 0.3 is 0 Å². The van der Waals surface area contributed by atoms with E-state index in [1.807, 2.05) is 18.2 Å². The third-order valence-electron chi connectivity index (χ3n) is 4.98. The van der Waals surface area contributed by atoms with E-state index in [-0.39, 0.29) is 16.9 Å². The number of ketones is 1. The first kappa shape index (κ1) is 18.1. The van der Waals surface area contributed by atoms with Gasteiger partial charge in [-0.25, -0.2) is 5.32 Å². The molecule has 3 N–H and O–H groups in total. The van der Waals surface area contributed by atoms with Gasteiger partial charge in [-0.15, -0.1) is 0 Å². The van der Waals surface area contributed by atoms with E-state index in [0.717, 1.165) is 4.47 Å². The summed E-state index contributed by atoms with van der Waals surface area (Å²) in [6.45, 7) is 1.77. The van der Waals surface area contributed by atoms with Crippen LogP contribution in [0.2, 0.25) is 0 Å². The molecule has 3 heterocycles. The lowest BCUT2D eigenvalue weighted by Gasteiger charge is -2.38. The lowest BCUT2D eigenvalue weighted by molar-refractivity contribution is -0.0617. The summed E-state index contributed by atoms with van der Waals surface area (Å²) >= 11 is 3.37. The van der Waals surface area contributed by atoms with Gasteiger partial charge in [-0.05, 0) is 31.2 Å². The number of rotatable bonds is 2. The molecular formula is C21H16BrN3O4. The number of carbonyl (C=O) groups excluding carboxylic acids is 1. The van der Waals surface area contributed by atoms with Crippen LogP contribution in [0, 0.1) is 0 Å². The van der Waals surface area contributed by atoms with E-state index in [4.69, 9.17) is 9.57 Å². The van der Waals surface area contributed by atoms with E-state index in [2.05, 4.69) is 31.7 Å². The molecular weight excluding hydrogens is 438 g/mol. The van der Waals surface area contributed by atoms with Crippen LogP contribution in [0.5, 0.6) is 5.75 Å². The molecule has 0 fully saturated rings. The molecule has 0 saturated carbocycles. The van der Waals surface area contributed by atoms with Gasteiger partial charge in [-0.2, -0.15) is 0 Å². The highest BCUT2D eigenvalue weighted by molar-refractivity contribution is 9.10. The van der Waals surface area contributed by atoms with Crippen molar-refractivity contribution in [3.05, 3.63) is 86.3 Å². The number of fused-ring (bicyclic) bond motifs is 3. The summed E-state index contributed by atoms with van der Waals surface area (Å²) in [5.41, 5.74) is 3.75. The predicted molar refractivity (Wildman–Crippen MR) is 110 cm³/mol. The predicted octanol–water partition coefficient (Wildman–Crippen LogP) is 3.29. The SMILES string of the molecule is CC1=CC2(NO1)NC(C(=O)c1ccc(Br)cc1)c1c(c3ccccc3[nH]c1=O)O2. The Kier molecular flexibility index (Phi) is 4.09. The van der Waals surface area contributed by atoms with E-state index in [1.54, 1.807) is 43.3 Å². The molecule has 3 aromatic rings. The molecule has 1 spiro atoms. The van der Waals surface area contributed by atoms with Crippen LogP contribution in [-0.2, 0) is 4.84 Å². The average molecular weight is 454 g/mol. The highest BCUT2D eigenvalue weighted by Gasteiger charge is 2.47. The van der Waals surface area contributed by atoms with Crippen LogP contribution in [0.3, 0.4) is 0 Å². The standard InChI is InChI=1S/C21H16BrN3O4/c1-11-10-21(25-29-11)24-17(18(26)12-6-8-13(22)9-7-12)16-19(28-21)14-4-2-3-5-15(14)23-20(16)27/h2-10,17,24-25H,1H3,(H,23,27). The van der Waals surface area contributed by atoms with Crippen molar-refractivity contribution in [3.63, 3.8) is 0 Å². The van der Waals surface area contributed by atoms with Crippen LogP contribution >= 0.6 is 15.9 Å². The first-order chi connectivity index (χ1) is 14.0. The van der Waals surface area contributed by atoms with Crippen LogP contribution in [-0.4, -0.2) is 16.6 Å². The van der Waals surface area contributed by atoms with Gasteiger partial charge in [0.1, 0.15) is 17.6 Å². The minimum Gasteiger partial charge on any atom is -0.451 e. The molecule has 2 unspecified atom stereocenters. The molecule has 1 aromatic heterocycles. The molecule has 0 saturated heterocycles. The van der Waals surface area contributed by atoms with Crippen LogP contribution in [0.15, 0.2) is 69.6 Å². The van der Waals surface area contributed by atoms with E-state index in [0.29, 0.717) is 28.0 Å². The third-order valence-corrected chi connectivity index (χ3v) is 5.51. The van der Waals surface area contributed by atoms with Gasteiger partial charge < -0.3 is 14.6 Å². The second-order valence-electron chi connectivity index (χ2n) is 6.99. The van der Waals surface area contributed by atoms with E-state index >= 15 is 0 Å².